The van der Waals surface area contributed by atoms with Gasteiger partial charge in [0.05, 0.1) is 12.7 Å². The molecule has 4 heteroatoms. The maximum Gasteiger partial charge on any atom is 0.259 e. The zero-order valence-electron chi connectivity index (χ0n) is 10.7. The van der Waals surface area contributed by atoms with Gasteiger partial charge < -0.3 is 15.2 Å². The minimum absolute atomic E-state index is 0.0724. The Kier molecular flexibility index (Phi) is 3.71. The first kappa shape index (κ1) is 13.0. The molecule has 2 N–H and O–H groups in total. The highest BCUT2D eigenvalue weighted by atomic mass is 16.5. The number of carbonyl (C=O) groups is 1. The van der Waals surface area contributed by atoms with E-state index in [9.17, 15) is 9.90 Å². The normalized spacial score (nSPS) is 10.0. The van der Waals surface area contributed by atoms with E-state index in [1.54, 1.807) is 19.2 Å². The smallest absolute Gasteiger partial charge is 0.259 e. The molecule has 0 aromatic heterocycles. The number of ether oxygens (including phenoxy) is 1. The maximum atomic E-state index is 12.1. The molecule has 0 aliphatic carbocycles. The number of anilines is 1. The third kappa shape index (κ3) is 2.85. The van der Waals surface area contributed by atoms with Crippen LogP contribution < -0.4 is 10.1 Å². The Morgan fingerprint density at radius 3 is 2.84 bits per heavy atom. The van der Waals surface area contributed by atoms with Crippen LogP contribution in [0.1, 0.15) is 15.9 Å². The average molecular weight is 256 g/mol. The topological polar surface area (TPSA) is 58.6 Å². The van der Waals surface area contributed by atoms with E-state index in [-0.39, 0.29) is 17.2 Å². The molecular weight excluding hydrogens is 242 g/mol. The third-order valence-corrected chi connectivity index (χ3v) is 2.78. The van der Waals surface area contributed by atoms with Crippen LogP contribution in [-0.2, 0) is 0 Å². The van der Waals surface area contributed by atoms with E-state index in [1.807, 2.05) is 19.1 Å². The van der Waals surface area contributed by atoms with Gasteiger partial charge in [-0.05, 0) is 36.8 Å². The van der Waals surface area contributed by atoms with E-state index in [0.717, 1.165) is 5.56 Å². The summed E-state index contributed by atoms with van der Waals surface area (Å²) in [4.78, 5) is 12.1. The number of aryl methyl sites for hydroxylation is 1. The summed E-state index contributed by atoms with van der Waals surface area (Å²) in [5.74, 6) is 0.201. The standard InChI is InChI=1S/C15H14NO3/c1-10-7-8-11(19-2)9-13(10)16-15(18)12-5-3-4-6-14(12)17/h4-9,17H,1-2H3,(H,16,18). The van der Waals surface area contributed by atoms with E-state index in [0.29, 0.717) is 11.4 Å². The Bertz CT molecular complexity index is 608. The molecule has 2 aromatic carbocycles. The number of hydrogen-bond acceptors (Lipinski definition) is 3. The number of amides is 1. The van der Waals surface area contributed by atoms with E-state index in [1.165, 1.54) is 12.1 Å². The molecule has 0 heterocycles. The predicted molar refractivity (Wildman–Crippen MR) is 72.6 cm³/mol. The lowest BCUT2D eigenvalue weighted by molar-refractivity contribution is 0.102. The Morgan fingerprint density at radius 2 is 2.16 bits per heavy atom. The van der Waals surface area contributed by atoms with Crippen molar-refractivity contribution in [1.29, 1.82) is 0 Å². The number of rotatable bonds is 3. The van der Waals surface area contributed by atoms with E-state index < -0.39 is 0 Å². The average Bonchev–Trinajstić information content (AvgIpc) is 2.41. The number of aromatic hydroxyl groups is 1. The second-order valence-corrected chi connectivity index (χ2v) is 4.08. The van der Waals surface area contributed by atoms with Gasteiger partial charge in [-0.1, -0.05) is 12.1 Å². The van der Waals surface area contributed by atoms with Gasteiger partial charge in [-0.15, -0.1) is 0 Å². The third-order valence-electron chi connectivity index (χ3n) is 2.78. The Hall–Kier alpha value is -2.49. The first-order chi connectivity index (χ1) is 9.11. The number of phenolic OH excluding ortho intramolecular Hbond substituents is 1. The van der Waals surface area contributed by atoms with Crippen LogP contribution in [0.2, 0.25) is 0 Å². The van der Waals surface area contributed by atoms with Crippen LogP contribution in [0.4, 0.5) is 5.69 Å². The molecule has 0 atom stereocenters. The fourth-order valence-electron chi connectivity index (χ4n) is 1.66. The first-order valence-electron chi connectivity index (χ1n) is 5.77. The molecule has 0 saturated heterocycles. The Labute approximate surface area is 111 Å². The summed E-state index contributed by atoms with van der Waals surface area (Å²) in [5.41, 5.74) is 1.74. The number of phenols is 1. The molecule has 0 saturated carbocycles. The molecule has 2 aromatic rings. The van der Waals surface area contributed by atoms with Crippen LogP contribution in [0.15, 0.2) is 36.4 Å². The molecular formula is C15H14NO3. The van der Waals surface area contributed by atoms with Crippen molar-refractivity contribution < 1.29 is 14.6 Å². The lowest BCUT2D eigenvalue weighted by Gasteiger charge is -2.10. The molecule has 0 bridgehead atoms. The molecule has 0 fully saturated rings. The minimum Gasteiger partial charge on any atom is -0.507 e. The summed E-state index contributed by atoms with van der Waals surface area (Å²) in [6, 6.07) is 12.6. The van der Waals surface area contributed by atoms with E-state index in [4.69, 9.17) is 4.74 Å². The van der Waals surface area contributed by atoms with Crippen molar-refractivity contribution in [3.8, 4) is 11.5 Å². The second kappa shape index (κ2) is 5.44. The molecule has 0 spiro atoms. The minimum atomic E-state index is -0.384. The van der Waals surface area contributed by atoms with Gasteiger partial charge in [-0.3, -0.25) is 4.79 Å². The van der Waals surface area contributed by atoms with Crippen molar-refractivity contribution in [2.75, 3.05) is 12.4 Å². The number of methoxy groups -OCH3 is 1. The van der Waals surface area contributed by atoms with Crippen LogP contribution >= 0.6 is 0 Å². The highest BCUT2D eigenvalue weighted by molar-refractivity contribution is 6.06. The van der Waals surface area contributed by atoms with Gasteiger partial charge in [0, 0.05) is 11.8 Å². The van der Waals surface area contributed by atoms with Crippen LogP contribution in [-0.4, -0.2) is 18.1 Å². The van der Waals surface area contributed by atoms with Gasteiger partial charge >= 0.3 is 0 Å². The van der Waals surface area contributed by atoms with Crippen molar-refractivity contribution in [2.24, 2.45) is 0 Å². The van der Waals surface area contributed by atoms with Gasteiger partial charge in [-0.2, -0.15) is 0 Å². The molecule has 0 aliphatic rings. The van der Waals surface area contributed by atoms with Gasteiger partial charge in [0.25, 0.3) is 5.91 Å². The lowest BCUT2D eigenvalue weighted by Crippen LogP contribution is -2.13. The molecule has 1 radical (unpaired) electrons. The molecule has 0 aliphatic heterocycles. The van der Waals surface area contributed by atoms with Crippen molar-refractivity contribution in [3.63, 3.8) is 0 Å². The summed E-state index contributed by atoms with van der Waals surface area (Å²) in [6.07, 6.45) is 0. The van der Waals surface area contributed by atoms with Crippen LogP contribution in [0.5, 0.6) is 11.5 Å². The van der Waals surface area contributed by atoms with Crippen LogP contribution in [0.25, 0.3) is 0 Å². The zero-order chi connectivity index (χ0) is 13.8. The van der Waals surface area contributed by atoms with Gasteiger partial charge in [0.15, 0.2) is 0 Å². The molecule has 2 rings (SSSR count). The van der Waals surface area contributed by atoms with Crippen LogP contribution in [0.3, 0.4) is 0 Å². The summed E-state index contributed by atoms with van der Waals surface area (Å²) < 4.78 is 5.11. The van der Waals surface area contributed by atoms with E-state index >= 15 is 0 Å². The van der Waals surface area contributed by atoms with Gasteiger partial charge in [0.1, 0.15) is 11.5 Å². The SMILES string of the molecule is COc1ccc(C)c(NC(=O)c2c[c]ccc2O)c1. The number of nitrogens with one attached hydrogen (secondary N) is 1. The summed E-state index contributed by atoms with van der Waals surface area (Å²) in [7, 11) is 1.56. The van der Waals surface area contributed by atoms with Crippen molar-refractivity contribution in [1.82, 2.24) is 0 Å². The largest absolute Gasteiger partial charge is 0.507 e. The fraction of sp³-hybridized carbons (Fsp3) is 0.133. The second-order valence-electron chi connectivity index (χ2n) is 4.08. The summed E-state index contributed by atoms with van der Waals surface area (Å²) >= 11 is 0. The van der Waals surface area contributed by atoms with Crippen molar-refractivity contribution in [3.05, 3.63) is 53.6 Å². The summed E-state index contributed by atoms with van der Waals surface area (Å²) in [5, 5.41) is 12.4. The monoisotopic (exact) mass is 256 g/mol. The first-order valence-corrected chi connectivity index (χ1v) is 5.77. The maximum absolute atomic E-state index is 12.1. The quantitative estimate of drug-likeness (QED) is 0.887. The van der Waals surface area contributed by atoms with Gasteiger partial charge in [-0.25, -0.2) is 0 Å². The molecule has 19 heavy (non-hydrogen) atoms. The van der Waals surface area contributed by atoms with Crippen molar-refractivity contribution >= 4 is 11.6 Å². The van der Waals surface area contributed by atoms with Crippen molar-refractivity contribution in [2.45, 2.75) is 6.92 Å². The molecule has 97 valence electrons. The highest BCUT2D eigenvalue weighted by Gasteiger charge is 2.12. The Balaban J connectivity index is 2.26. The summed E-state index contributed by atoms with van der Waals surface area (Å²) in [6.45, 7) is 1.88. The molecule has 0 unspecified atom stereocenters. The van der Waals surface area contributed by atoms with Crippen LogP contribution in [0, 0.1) is 13.0 Å². The Morgan fingerprint density at radius 1 is 1.37 bits per heavy atom. The predicted octanol–water partition coefficient (Wildman–Crippen LogP) is 2.76. The van der Waals surface area contributed by atoms with Gasteiger partial charge in [0.2, 0.25) is 0 Å². The highest BCUT2D eigenvalue weighted by Crippen LogP contribution is 2.23. The lowest BCUT2D eigenvalue weighted by atomic mass is 10.1. The van der Waals surface area contributed by atoms with E-state index in [2.05, 4.69) is 11.4 Å². The molecule has 1 amide bonds. The fourth-order valence-corrected chi connectivity index (χ4v) is 1.66. The number of carbonyl (C=O) groups excluding carboxylic acids is 1. The number of hydrogen-bond donors (Lipinski definition) is 2. The number of benzene rings is 2. The molecule has 4 nitrogen and oxygen atoms in total. The zero-order valence-corrected chi connectivity index (χ0v) is 10.7.